The van der Waals surface area contributed by atoms with Gasteiger partial charge in [-0.3, -0.25) is 4.90 Å². The first-order valence-electron chi connectivity index (χ1n) is 9.71. The van der Waals surface area contributed by atoms with E-state index >= 15 is 0 Å². The van der Waals surface area contributed by atoms with E-state index in [1.807, 2.05) is 6.20 Å². The smallest absolute Gasteiger partial charge is 0.126 e. The molecule has 1 aromatic carbocycles. The Balaban J connectivity index is 1.36. The Morgan fingerprint density at radius 3 is 2.58 bits per heavy atom. The van der Waals surface area contributed by atoms with Crippen LogP contribution >= 0.6 is 0 Å². The summed E-state index contributed by atoms with van der Waals surface area (Å²) in [4.78, 5) is 7.33. The molecular formula is C22H26N4. The fourth-order valence-electron chi connectivity index (χ4n) is 4.83. The van der Waals surface area contributed by atoms with Crippen molar-refractivity contribution >= 4 is 16.7 Å². The Morgan fingerprint density at radius 2 is 1.85 bits per heavy atom. The second kappa shape index (κ2) is 6.13. The summed E-state index contributed by atoms with van der Waals surface area (Å²) in [6.07, 6.45) is 6.74. The summed E-state index contributed by atoms with van der Waals surface area (Å²) in [5.74, 6) is 1.79. The molecule has 3 aromatic rings. The Kier molecular flexibility index (Phi) is 3.75. The Labute approximate surface area is 154 Å². The first kappa shape index (κ1) is 15.9. The van der Waals surface area contributed by atoms with Crippen LogP contribution < -0.4 is 5.32 Å². The van der Waals surface area contributed by atoms with Crippen LogP contribution in [-0.2, 0) is 7.05 Å². The second-order valence-corrected chi connectivity index (χ2v) is 7.92. The molecule has 1 N–H and O–H groups in total. The van der Waals surface area contributed by atoms with E-state index in [-0.39, 0.29) is 0 Å². The highest BCUT2D eigenvalue weighted by Crippen LogP contribution is 2.34. The summed E-state index contributed by atoms with van der Waals surface area (Å²) < 4.78 is 2.15. The van der Waals surface area contributed by atoms with Gasteiger partial charge in [0, 0.05) is 48.0 Å². The fraction of sp³-hybridized carbons (Fsp3) is 0.409. The molecule has 3 fully saturated rings. The number of nitrogens with zero attached hydrogens (tertiary/aromatic N) is 3. The molecule has 0 amide bonds. The largest absolute Gasteiger partial charge is 0.365 e. The molecule has 134 valence electrons. The Morgan fingerprint density at radius 1 is 1.04 bits per heavy atom. The van der Waals surface area contributed by atoms with E-state index in [9.17, 15) is 0 Å². The van der Waals surface area contributed by atoms with Gasteiger partial charge in [0.25, 0.3) is 0 Å². The summed E-state index contributed by atoms with van der Waals surface area (Å²) in [6, 6.07) is 14.2. The lowest BCUT2D eigenvalue weighted by molar-refractivity contribution is 0.0457. The maximum Gasteiger partial charge on any atom is 0.126 e. The molecule has 0 spiro atoms. The maximum atomic E-state index is 4.72. The third kappa shape index (κ3) is 2.60. The van der Waals surface area contributed by atoms with E-state index in [1.165, 1.54) is 48.0 Å². The van der Waals surface area contributed by atoms with Crippen LogP contribution in [0.25, 0.3) is 22.0 Å². The second-order valence-electron chi connectivity index (χ2n) is 7.92. The topological polar surface area (TPSA) is 33.1 Å². The number of fused-ring (bicyclic) bond motifs is 4. The highest BCUT2D eigenvalue weighted by molar-refractivity contribution is 5.85. The van der Waals surface area contributed by atoms with Gasteiger partial charge < -0.3 is 9.88 Å². The molecule has 26 heavy (non-hydrogen) atoms. The van der Waals surface area contributed by atoms with Gasteiger partial charge in [0.2, 0.25) is 0 Å². The first-order valence-corrected chi connectivity index (χ1v) is 9.71. The molecular weight excluding hydrogens is 320 g/mol. The van der Waals surface area contributed by atoms with Gasteiger partial charge in [-0.15, -0.1) is 0 Å². The number of piperidine rings is 3. The summed E-state index contributed by atoms with van der Waals surface area (Å²) in [7, 11) is 2.08. The van der Waals surface area contributed by atoms with Gasteiger partial charge >= 0.3 is 0 Å². The van der Waals surface area contributed by atoms with Gasteiger partial charge in [0.05, 0.1) is 0 Å². The van der Waals surface area contributed by atoms with E-state index in [2.05, 4.69) is 71.4 Å². The van der Waals surface area contributed by atoms with Crippen LogP contribution in [0.5, 0.6) is 0 Å². The van der Waals surface area contributed by atoms with Crippen molar-refractivity contribution in [2.45, 2.75) is 31.8 Å². The van der Waals surface area contributed by atoms with Gasteiger partial charge in [-0.1, -0.05) is 6.07 Å². The van der Waals surface area contributed by atoms with Crippen LogP contribution in [0.2, 0.25) is 0 Å². The van der Waals surface area contributed by atoms with Crippen LogP contribution in [0.15, 0.2) is 48.8 Å². The number of pyridine rings is 1. The molecule has 2 atom stereocenters. The monoisotopic (exact) mass is 346 g/mol. The van der Waals surface area contributed by atoms with E-state index < -0.39 is 0 Å². The number of anilines is 1. The number of hydrogen-bond acceptors (Lipinski definition) is 3. The highest BCUT2D eigenvalue weighted by Gasteiger charge is 2.39. The van der Waals surface area contributed by atoms with E-state index in [4.69, 9.17) is 4.98 Å². The molecule has 2 bridgehead atoms. The maximum absolute atomic E-state index is 4.72. The Hall–Kier alpha value is -2.33. The summed E-state index contributed by atoms with van der Waals surface area (Å²) in [6.45, 7) is 4.88. The molecule has 6 rings (SSSR count). The molecule has 4 nitrogen and oxygen atoms in total. The SMILES string of the molecule is C[C@@H]1[C@H](Nc2ccc(-c3ccc4c(ccn4C)c3)cn2)C2CCN1CC2. The molecule has 3 aliphatic heterocycles. The third-order valence-electron chi connectivity index (χ3n) is 6.47. The minimum absolute atomic E-state index is 0.525. The van der Waals surface area contributed by atoms with Crippen molar-refractivity contribution in [3.8, 4) is 11.1 Å². The van der Waals surface area contributed by atoms with Crippen molar-refractivity contribution < 1.29 is 0 Å². The van der Waals surface area contributed by atoms with E-state index in [1.54, 1.807) is 0 Å². The number of aryl methyl sites for hydroxylation is 1. The quantitative estimate of drug-likeness (QED) is 0.774. The van der Waals surface area contributed by atoms with Crippen molar-refractivity contribution in [1.29, 1.82) is 0 Å². The lowest BCUT2D eigenvalue weighted by Gasteiger charge is -2.50. The van der Waals surface area contributed by atoms with Crippen molar-refractivity contribution in [3.05, 3.63) is 48.8 Å². The van der Waals surface area contributed by atoms with Crippen molar-refractivity contribution in [2.24, 2.45) is 13.0 Å². The van der Waals surface area contributed by atoms with Gasteiger partial charge in [-0.2, -0.15) is 0 Å². The average Bonchev–Trinajstić information content (AvgIpc) is 3.06. The molecule has 3 saturated heterocycles. The molecule has 0 saturated carbocycles. The van der Waals surface area contributed by atoms with Crippen molar-refractivity contribution in [1.82, 2.24) is 14.5 Å². The zero-order chi connectivity index (χ0) is 17.7. The number of aromatic nitrogens is 2. The average molecular weight is 346 g/mol. The molecule has 0 radical (unpaired) electrons. The van der Waals surface area contributed by atoms with Crippen LogP contribution in [0.3, 0.4) is 0 Å². The van der Waals surface area contributed by atoms with Crippen molar-refractivity contribution in [2.75, 3.05) is 18.4 Å². The van der Waals surface area contributed by atoms with E-state index in [0.717, 1.165) is 11.7 Å². The predicted octanol–water partition coefficient (Wildman–Crippen LogP) is 4.13. The predicted molar refractivity (Wildman–Crippen MR) is 107 cm³/mol. The summed E-state index contributed by atoms with van der Waals surface area (Å²) in [5, 5.41) is 4.99. The Bertz CT molecular complexity index is 917. The van der Waals surface area contributed by atoms with Crippen LogP contribution in [0.4, 0.5) is 5.82 Å². The molecule has 4 heteroatoms. The highest BCUT2D eigenvalue weighted by atomic mass is 15.2. The van der Waals surface area contributed by atoms with Crippen LogP contribution in [-0.4, -0.2) is 39.6 Å². The van der Waals surface area contributed by atoms with Gasteiger partial charge in [-0.05, 0) is 74.7 Å². The summed E-state index contributed by atoms with van der Waals surface area (Å²) in [5.41, 5.74) is 3.65. The number of hydrogen-bond donors (Lipinski definition) is 1. The fourth-order valence-corrected chi connectivity index (χ4v) is 4.83. The molecule has 0 unspecified atom stereocenters. The number of benzene rings is 1. The molecule has 2 aromatic heterocycles. The lowest BCUT2D eigenvalue weighted by atomic mass is 9.79. The van der Waals surface area contributed by atoms with E-state index in [0.29, 0.717) is 12.1 Å². The minimum Gasteiger partial charge on any atom is -0.365 e. The minimum atomic E-state index is 0.525. The standard InChI is InChI=1S/C22H26N4/c1-15-22(16-8-11-26(15)12-9-16)24-21-6-4-19(14-23-21)17-3-5-20-18(13-17)7-10-25(20)2/h3-7,10,13-16,22H,8-9,11-12H2,1-2H3,(H,23,24)/t15-,22+/m1/s1. The zero-order valence-corrected chi connectivity index (χ0v) is 15.5. The summed E-state index contributed by atoms with van der Waals surface area (Å²) >= 11 is 0. The van der Waals surface area contributed by atoms with Gasteiger partial charge in [0.1, 0.15) is 5.82 Å². The molecule has 3 aliphatic rings. The third-order valence-corrected chi connectivity index (χ3v) is 6.47. The van der Waals surface area contributed by atoms with Gasteiger partial charge in [-0.25, -0.2) is 4.98 Å². The van der Waals surface area contributed by atoms with Crippen LogP contribution in [0.1, 0.15) is 19.8 Å². The van der Waals surface area contributed by atoms with Crippen LogP contribution in [0, 0.1) is 5.92 Å². The number of rotatable bonds is 3. The zero-order valence-electron chi connectivity index (χ0n) is 15.5. The van der Waals surface area contributed by atoms with Gasteiger partial charge in [0.15, 0.2) is 0 Å². The molecule has 5 heterocycles. The first-order chi connectivity index (χ1) is 12.7. The number of nitrogens with one attached hydrogen (secondary N) is 1. The molecule has 0 aliphatic carbocycles. The normalized spacial score (nSPS) is 27.8. The lowest BCUT2D eigenvalue weighted by Crippen LogP contribution is -2.59. The van der Waals surface area contributed by atoms with Crippen molar-refractivity contribution in [3.63, 3.8) is 0 Å².